The van der Waals surface area contributed by atoms with Crippen LogP contribution in [0, 0.1) is 17.8 Å². The predicted molar refractivity (Wildman–Crippen MR) is 101 cm³/mol. The number of amides is 2. The number of rotatable bonds is 4. The van der Waals surface area contributed by atoms with Gasteiger partial charge in [0.15, 0.2) is 0 Å². The first-order valence-electron chi connectivity index (χ1n) is 9.87. The molecule has 146 valence electrons. The highest BCUT2D eigenvalue weighted by Crippen LogP contribution is 2.32. The van der Waals surface area contributed by atoms with Gasteiger partial charge in [-0.2, -0.15) is 0 Å². The Balaban J connectivity index is 1.65. The largest absolute Gasteiger partial charge is 0.353 e. The zero-order valence-corrected chi connectivity index (χ0v) is 16.3. The molecule has 0 spiro atoms. The van der Waals surface area contributed by atoms with Gasteiger partial charge in [0.2, 0.25) is 11.8 Å². The molecule has 3 aliphatic rings. The molecule has 0 aliphatic carbocycles. The van der Waals surface area contributed by atoms with E-state index in [1.807, 2.05) is 6.92 Å². The molecule has 2 amide bonds. The summed E-state index contributed by atoms with van der Waals surface area (Å²) in [5.74, 6) is 0.998. The van der Waals surface area contributed by atoms with E-state index in [9.17, 15) is 9.59 Å². The molecule has 0 saturated carbocycles. The standard InChI is InChI=1S/C19H33N5O2/c1-10-8-21-22-9-15(10)12(3)23-17(25)7-14-11(2)18-13(4)20-6-5-16(18)24-19(14)26/h10,12-13,15-16,18,20-22H,5-9H2,1-4H3,(H,23,25)(H,24,26)/t10?,12-,13?,15?,16?,18?/m0/s1. The molecule has 6 atom stereocenters. The fourth-order valence-electron chi connectivity index (χ4n) is 4.83. The van der Waals surface area contributed by atoms with Gasteiger partial charge in [-0.25, -0.2) is 0 Å². The molecule has 7 nitrogen and oxygen atoms in total. The summed E-state index contributed by atoms with van der Waals surface area (Å²) in [5, 5.41) is 9.72. The van der Waals surface area contributed by atoms with Crippen LogP contribution in [-0.2, 0) is 9.59 Å². The Morgan fingerprint density at radius 1 is 1.27 bits per heavy atom. The van der Waals surface area contributed by atoms with Crippen LogP contribution in [0.4, 0.5) is 0 Å². The molecule has 26 heavy (non-hydrogen) atoms. The van der Waals surface area contributed by atoms with Crippen molar-refractivity contribution in [2.45, 2.75) is 58.7 Å². The van der Waals surface area contributed by atoms with E-state index in [4.69, 9.17) is 0 Å². The number of fused-ring (bicyclic) bond motifs is 1. The summed E-state index contributed by atoms with van der Waals surface area (Å²) in [5.41, 5.74) is 8.03. The molecule has 5 unspecified atom stereocenters. The lowest BCUT2D eigenvalue weighted by atomic mass is 9.76. The van der Waals surface area contributed by atoms with Crippen LogP contribution < -0.4 is 26.8 Å². The molecule has 0 bridgehead atoms. The minimum absolute atomic E-state index is 0.0670. The summed E-state index contributed by atoms with van der Waals surface area (Å²) in [6.07, 6.45) is 1.10. The van der Waals surface area contributed by atoms with Crippen molar-refractivity contribution >= 4 is 11.8 Å². The highest BCUT2D eigenvalue weighted by molar-refractivity contribution is 6.00. The number of piperidine rings is 1. The second kappa shape index (κ2) is 8.06. The summed E-state index contributed by atoms with van der Waals surface area (Å²) < 4.78 is 0. The zero-order chi connectivity index (χ0) is 18.8. The topological polar surface area (TPSA) is 94.3 Å². The van der Waals surface area contributed by atoms with Crippen LogP contribution in [0.5, 0.6) is 0 Å². The molecule has 0 aromatic carbocycles. The van der Waals surface area contributed by atoms with E-state index >= 15 is 0 Å². The van der Waals surface area contributed by atoms with E-state index in [1.165, 1.54) is 0 Å². The van der Waals surface area contributed by atoms with Crippen LogP contribution in [0.2, 0.25) is 0 Å². The quantitative estimate of drug-likeness (QED) is 0.487. The van der Waals surface area contributed by atoms with Crippen molar-refractivity contribution in [1.82, 2.24) is 26.8 Å². The number of carbonyl (C=O) groups is 2. The van der Waals surface area contributed by atoms with Gasteiger partial charge in [0, 0.05) is 42.7 Å². The smallest absolute Gasteiger partial charge is 0.247 e. The van der Waals surface area contributed by atoms with E-state index in [0.29, 0.717) is 23.5 Å². The lowest BCUT2D eigenvalue weighted by molar-refractivity contribution is -0.125. The van der Waals surface area contributed by atoms with Gasteiger partial charge >= 0.3 is 0 Å². The first-order valence-corrected chi connectivity index (χ1v) is 9.87. The van der Waals surface area contributed by atoms with Gasteiger partial charge in [-0.3, -0.25) is 20.4 Å². The van der Waals surface area contributed by atoms with Crippen LogP contribution in [0.25, 0.3) is 0 Å². The van der Waals surface area contributed by atoms with Crippen molar-refractivity contribution in [3.05, 3.63) is 11.1 Å². The van der Waals surface area contributed by atoms with Crippen molar-refractivity contribution in [1.29, 1.82) is 0 Å². The Morgan fingerprint density at radius 2 is 2.00 bits per heavy atom. The molecule has 3 aliphatic heterocycles. The van der Waals surface area contributed by atoms with Gasteiger partial charge in [-0.05, 0) is 45.6 Å². The monoisotopic (exact) mass is 363 g/mol. The SMILES string of the molecule is CC1=C(CC(=O)N[C@@H](C)C2CNNCC2C)C(=O)NC2CCNC(C)C12. The van der Waals surface area contributed by atoms with Crippen molar-refractivity contribution < 1.29 is 9.59 Å². The maximum Gasteiger partial charge on any atom is 0.247 e. The Morgan fingerprint density at radius 3 is 2.73 bits per heavy atom. The maximum atomic E-state index is 12.6. The first-order chi connectivity index (χ1) is 12.4. The van der Waals surface area contributed by atoms with Gasteiger partial charge in [-0.15, -0.1) is 0 Å². The van der Waals surface area contributed by atoms with E-state index in [0.717, 1.165) is 31.6 Å². The van der Waals surface area contributed by atoms with Crippen LogP contribution >= 0.6 is 0 Å². The summed E-state index contributed by atoms with van der Waals surface area (Å²) in [6.45, 7) is 11.1. The minimum atomic E-state index is -0.0717. The van der Waals surface area contributed by atoms with Crippen LogP contribution in [0.15, 0.2) is 11.1 Å². The van der Waals surface area contributed by atoms with E-state index in [1.54, 1.807) is 0 Å². The van der Waals surface area contributed by atoms with Gasteiger partial charge in [0.1, 0.15) is 0 Å². The Hall–Kier alpha value is -1.44. The molecule has 3 heterocycles. The number of carbonyl (C=O) groups excluding carboxylic acids is 2. The molecule has 2 fully saturated rings. The maximum absolute atomic E-state index is 12.6. The lowest BCUT2D eigenvalue weighted by Crippen LogP contribution is -2.57. The van der Waals surface area contributed by atoms with Crippen molar-refractivity contribution in [2.75, 3.05) is 19.6 Å². The van der Waals surface area contributed by atoms with Gasteiger partial charge in [0.25, 0.3) is 0 Å². The van der Waals surface area contributed by atoms with Crippen molar-refractivity contribution in [3.8, 4) is 0 Å². The fourth-order valence-corrected chi connectivity index (χ4v) is 4.83. The number of hydrazine groups is 1. The highest BCUT2D eigenvalue weighted by Gasteiger charge is 2.39. The third-order valence-electron chi connectivity index (χ3n) is 6.45. The second-order valence-electron chi connectivity index (χ2n) is 8.23. The highest BCUT2D eigenvalue weighted by atomic mass is 16.2. The average Bonchev–Trinajstić information content (AvgIpc) is 2.58. The third kappa shape index (κ3) is 3.94. The van der Waals surface area contributed by atoms with E-state index in [-0.39, 0.29) is 36.2 Å². The fraction of sp³-hybridized carbons (Fsp3) is 0.789. The molecule has 5 N–H and O–H groups in total. The number of hydrogen-bond acceptors (Lipinski definition) is 5. The van der Waals surface area contributed by atoms with Crippen molar-refractivity contribution in [2.24, 2.45) is 17.8 Å². The molecule has 7 heteroatoms. The van der Waals surface area contributed by atoms with Gasteiger partial charge < -0.3 is 16.0 Å². The first kappa shape index (κ1) is 19.3. The van der Waals surface area contributed by atoms with Crippen LogP contribution in [0.3, 0.4) is 0 Å². The molecule has 2 saturated heterocycles. The Labute approximate surface area is 156 Å². The summed E-state index contributed by atoms with van der Waals surface area (Å²) >= 11 is 0. The molecule has 0 aromatic heterocycles. The Kier molecular flexibility index (Phi) is 5.99. The number of hydrogen-bond donors (Lipinski definition) is 5. The van der Waals surface area contributed by atoms with Gasteiger partial charge in [0.05, 0.1) is 6.42 Å². The predicted octanol–water partition coefficient (Wildman–Crippen LogP) is 0.0542. The van der Waals surface area contributed by atoms with Gasteiger partial charge in [-0.1, -0.05) is 12.5 Å². The summed E-state index contributed by atoms with van der Waals surface area (Å²) in [4.78, 5) is 25.2. The van der Waals surface area contributed by atoms with Crippen molar-refractivity contribution in [3.63, 3.8) is 0 Å². The molecule has 0 aromatic rings. The summed E-state index contributed by atoms with van der Waals surface area (Å²) in [7, 11) is 0. The minimum Gasteiger partial charge on any atom is -0.353 e. The van der Waals surface area contributed by atoms with Crippen LogP contribution in [-0.4, -0.2) is 49.6 Å². The molecule has 0 radical (unpaired) electrons. The lowest BCUT2D eigenvalue weighted by Gasteiger charge is -2.42. The second-order valence-corrected chi connectivity index (χ2v) is 8.23. The van der Waals surface area contributed by atoms with E-state index < -0.39 is 0 Å². The van der Waals surface area contributed by atoms with E-state index in [2.05, 4.69) is 47.6 Å². The van der Waals surface area contributed by atoms with Crippen LogP contribution in [0.1, 0.15) is 40.5 Å². The molecule has 3 rings (SSSR count). The molecular formula is C19H33N5O2. The zero-order valence-electron chi connectivity index (χ0n) is 16.3. The number of nitrogens with one attached hydrogen (secondary N) is 5. The average molecular weight is 364 g/mol. The normalized spacial score (nSPS) is 36.2. The Bertz CT molecular complexity index is 590. The summed E-state index contributed by atoms with van der Waals surface area (Å²) in [6, 6.07) is 0.571. The third-order valence-corrected chi connectivity index (χ3v) is 6.45. The molecular weight excluding hydrogens is 330 g/mol.